The van der Waals surface area contributed by atoms with Crippen molar-refractivity contribution < 1.29 is 18.4 Å². The molecule has 1 saturated heterocycles. The first kappa shape index (κ1) is 26.6. The maximum absolute atomic E-state index is 14.1. The number of aromatic amines is 1. The Bertz CT molecular complexity index is 1630. The number of likely N-dealkylation sites (N-methyl/N-ethyl adjacent to an activating group) is 1. The summed E-state index contributed by atoms with van der Waals surface area (Å²) in [4.78, 5) is 36.2. The van der Waals surface area contributed by atoms with E-state index in [9.17, 15) is 23.6 Å². The zero-order valence-corrected chi connectivity index (χ0v) is 21.7. The highest BCUT2D eigenvalue weighted by Gasteiger charge is 2.39. The van der Waals surface area contributed by atoms with Crippen molar-refractivity contribution in [3.8, 4) is 17.2 Å². The van der Waals surface area contributed by atoms with Crippen LogP contribution in [0.5, 0.6) is 0 Å². The molecule has 0 bridgehead atoms. The Morgan fingerprint density at radius 2 is 1.98 bits per heavy atom. The number of carbonyl (C=O) groups is 2. The number of rotatable bonds is 7. The Kier molecular flexibility index (Phi) is 7.29. The van der Waals surface area contributed by atoms with Gasteiger partial charge in [0, 0.05) is 43.1 Å². The van der Waals surface area contributed by atoms with Gasteiger partial charge in [0.25, 0.3) is 0 Å². The fraction of sp³-hybridized carbons (Fsp3) is 0.200. The summed E-state index contributed by atoms with van der Waals surface area (Å²) in [6.45, 7) is 3.97. The number of halogens is 2. The summed E-state index contributed by atoms with van der Waals surface area (Å²) in [5.41, 5.74) is 3.63. The van der Waals surface area contributed by atoms with Crippen LogP contribution in [-0.2, 0) is 9.59 Å². The molecule has 40 heavy (non-hydrogen) atoms. The van der Waals surface area contributed by atoms with Crippen LogP contribution in [0.25, 0.3) is 27.7 Å². The molecular formula is C30H26F2N6O2. The molecule has 2 atom stereocenters. The van der Waals surface area contributed by atoms with E-state index in [1.807, 2.05) is 24.3 Å². The van der Waals surface area contributed by atoms with E-state index < -0.39 is 23.6 Å². The third-order valence-corrected chi connectivity index (χ3v) is 7.08. The van der Waals surface area contributed by atoms with Crippen LogP contribution in [0.15, 0.2) is 73.6 Å². The number of fused-ring (bicyclic) bond motifs is 1. The van der Waals surface area contributed by atoms with Gasteiger partial charge in [-0.05, 0) is 47.9 Å². The van der Waals surface area contributed by atoms with Gasteiger partial charge in [-0.25, -0.2) is 8.78 Å². The summed E-state index contributed by atoms with van der Waals surface area (Å²) >= 11 is 0. The lowest BCUT2D eigenvalue weighted by molar-refractivity contribution is -0.131. The molecule has 8 nitrogen and oxygen atoms in total. The van der Waals surface area contributed by atoms with Gasteiger partial charge >= 0.3 is 0 Å². The lowest BCUT2D eigenvalue weighted by Crippen LogP contribution is -2.41. The van der Waals surface area contributed by atoms with Crippen molar-refractivity contribution in [3.63, 3.8) is 0 Å². The van der Waals surface area contributed by atoms with Crippen LogP contribution in [0.4, 0.5) is 14.5 Å². The summed E-state index contributed by atoms with van der Waals surface area (Å²) < 4.78 is 27.7. The molecule has 2 aromatic carbocycles. The number of aromatic nitrogens is 2. The van der Waals surface area contributed by atoms with Gasteiger partial charge < -0.3 is 20.1 Å². The van der Waals surface area contributed by atoms with E-state index in [2.05, 4.69) is 27.9 Å². The second-order valence-corrected chi connectivity index (χ2v) is 9.77. The number of H-pyrrole nitrogens is 1. The van der Waals surface area contributed by atoms with Gasteiger partial charge in [-0.15, -0.1) is 0 Å². The third-order valence-electron chi connectivity index (χ3n) is 7.08. The van der Waals surface area contributed by atoms with Crippen LogP contribution >= 0.6 is 0 Å². The van der Waals surface area contributed by atoms with Crippen molar-refractivity contribution in [3.05, 3.63) is 90.9 Å². The number of anilines is 1. The minimum Gasteiger partial charge on any atom is -0.364 e. The Balaban J connectivity index is 1.21. The van der Waals surface area contributed by atoms with Crippen molar-refractivity contribution in [1.82, 2.24) is 19.8 Å². The number of amides is 2. The molecule has 2 amide bonds. The van der Waals surface area contributed by atoms with Crippen LogP contribution in [-0.4, -0.2) is 57.8 Å². The topological polar surface area (TPSA) is 105 Å². The highest BCUT2D eigenvalue weighted by atomic mass is 19.1. The first-order valence-electron chi connectivity index (χ1n) is 12.6. The van der Waals surface area contributed by atoms with E-state index in [1.54, 1.807) is 36.5 Å². The number of carbonyl (C=O) groups excluding carboxylic acids is 2. The van der Waals surface area contributed by atoms with Crippen LogP contribution in [0, 0.1) is 28.9 Å². The summed E-state index contributed by atoms with van der Waals surface area (Å²) in [6, 6.07) is 16.0. The molecule has 202 valence electrons. The van der Waals surface area contributed by atoms with Crippen molar-refractivity contribution >= 4 is 34.1 Å². The molecular weight excluding hydrogens is 514 g/mol. The summed E-state index contributed by atoms with van der Waals surface area (Å²) in [5.74, 6) is -2.57. The number of nitrogens with one attached hydrogen (secondary N) is 2. The number of likely N-dealkylation sites (tertiary alicyclic amines) is 1. The minimum absolute atomic E-state index is 0.105. The maximum atomic E-state index is 14.1. The van der Waals surface area contributed by atoms with Crippen LogP contribution in [0.2, 0.25) is 0 Å². The zero-order chi connectivity index (χ0) is 28.4. The first-order valence-corrected chi connectivity index (χ1v) is 12.6. The minimum atomic E-state index is -0.747. The number of pyridine rings is 1. The second kappa shape index (κ2) is 11.0. The van der Waals surface area contributed by atoms with E-state index in [0.29, 0.717) is 17.1 Å². The highest BCUT2D eigenvalue weighted by Crippen LogP contribution is 2.28. The maximum Gasteiger partial charge on any atom is 0.243 e. The molecule has 4 aromatic rings. The number of hydrogen-bond acceptors (Lipinski definition) is 5. The first-order chi connectivity index (χ1) is 19.2. The van der Waals surface area contributed by atoms with Gasteiger partial charge in [0.2, 0.25) is 11.8 Å². The van der Waals surface area contributed by atoms with Gasteiger partial charge in [-0.3, -0.25) is 14.6 Å². The van der Waals surface area contributed by atoms with E-state index in [-0.39, 0.29) is 42.2 Å². The highest BCUT2D eigenvalue weighted by molar-refractivity contribution is 5.94. The average Bonchev–Trinajstić information content (AvgIpc) is 3.58. The van der Waals surface area contributed by atoms with E-state index in [0.717, 1.165) is 17.2 Å². The monoisotopic (exact) mass is 540 g/mol. The predicted molar refractivity (Wildman–Crippen MR) is 147 cm³/mol. The lowest BCUT2D eigenvalue weighted by atomic mass is 10.0. The molecule has 0 radical (unpaired) electrons. The van der Waals surface area contributed by atoms with Crippen molar-refractivity contribution in [1.29, 1.82) is 5.26 Å². The average molecular weight is 541 g/mol. The molecule has 10 heteroatoms. The molecule has 5 rings (SSSR count). The molecule has 0 aliphatic carbocycles. The molecule has 1 fully saturated rings. The largest absolute Gasteiger partial charge is 0.364 e. The van der Waals surface area contributed by atoms with Crippen LogP contribution in [0.1, 0.15) is 12.1 Å². The van der Waals surface area contributed by atoms with Crippen molar-refractivity contribution in [2.75, 3.05) is 25.5 Å². The molecule has 1 aliphatic rings. The lowest BCUT2D eigenvalue weighted by Gasteiger charge is -2.25. The van der Waals surface area contributed by atoms with Crippen molar-refractivity contribution in [2.24, 2.45) is 5.92 Å². The molecule has 3 heterocycles. The number of nitrogens with zero attached hydrogens (tertiary/aromatic N) is 4. The van der Waals surface area contributed by atoms with Crippen LogP contribution in [0.3, 0.4) is 0 Å². The molecule has 2 aromatic heterocycles. The van der Waals surface area contributed by atoms with Gasteiger partial charge in [0.15, 0.2) is 0 Å². The van der Waals surface area contributed by atoms with Crippen molar-refractivity contribution in [2.45, 2.75) is 12.5 Å². The third kappa shape index (κ3) is 5.40. The fourth-order valence-corrected chi connectivity index (χ4v) is 4.86. The fourth-order valence-electron chi connectivity index (χ4n) is 4.86. The zero-order valence-electron chi connectivity index (χ0n) is 21.7. The van der Waals surface area contributed by atoms with Gasteiger partial charge in [0.05, 0.1) is 35.4 Å². The van der Waals surface area contributed by atoms with Crippen LogP contribution < -0.4 is 5.32 Å². The Morgan fingerprint density at radius 3 is 2.67 bits per heavy atom. The molecule has 2 unspecified atom stereocenters. The van der Waals surface area contributed by atoms with Gasteiger partial charge in [-0.1, -0.05) is 24.8 Å². The summed E-state index contributed by atoms with van der Waals surface area (Å²) in [5, 5.41) is 12.8. The number of benzene rings is 2. The number of nitriles is 1. The SMILES string of the molecule is C=C(c1cc2c(F)cc(F)cc2[nH]1)N(C)CC(=O)N1CC(C(=O)Nc2ccc(-c3cccnc3)cc2)CC1C#N. The molecule has 0 saturated carbocycles. The normalized spacial score (nSPS) is 16.5. The van der Waals surface area contributed by atoms with Gasteiger partial charge in [-0.2, -0.15) is 5.26 Å². The second-order valence-electron chi connectivity index (χ2n) is 9.77. The number of hydrogen-bond donors (Lipinski definition) is 2. The summed E-state index contributed by atoms with van der Waals surface area (Å²) in [6.07, 6.45) is 3.68. The Morgan fingerprint density at radius 1 is 1.20 bits per heavy atom. The molecule has 1 aliphatic heterocycles. The quantitative estimate of drug-likeness (QED) is 0.351. The smallest absolute Gasteiger partial charge is 0.243 e. The predicted octanol–water partition coefficient (Wildman–Crippen LogP) is 4.79. The van der Waals surface area contributed by atoms with E-state index >= 15 is 0 Å². The molecule has 0 spiro atoms. The van der Waals surface area contributed by atoms with E-state index in [1.165, 1.54) is 17.0 Å². The van der Waals surface area contributed by atoms with Gasteiger partial charge in [0.1, 0.15) is 17.7 Å². The Labute approximate surface area is 229 Å². The summed E-state index contributed by atoms with van der Waals surface area (Å²) in [7, 11) is 1.64. The molecule has 2 N–H and O–H groups in total. The van der Waals surface area contributed by atoms with E-state index in [4.69, 9.17) is 0 Å². The Hall–Kier alpha value is -5.04. The standard InChI is InChI=1S/C30H26F2N6O2/c1-18(27-13-25-26(32)11-22(31)12-28(25)36-27)37(2)17-29(39)38-16-21(10-24(38)14-33)30(40)35-23-7-5-19(6-8-23)20-4-3-9-34-15-20/h3-9,11-13,15,21,24,36H,1,10,16-17H2,2H3,(H,35,40).